The largest absolute Gasteiger partial charge is 0.497 e. The number of nitrogens with one attached hydrogen (secondary N) is 2. The van der Waals surface area contributed by atoms with Crippen molar-refractivity contribution in [3.63, 3.8) is 0 Å². The number of rotatable bonds is 5. The van der Waals surface area contributed by atoms with E-state index in [0.717, 1.165) is 29.8 Å². The second-order valence-electron chi connectivity index (χ2n) is 7.71. The Bertz CT molecular complexity index is 1010. The van der Waals surface area contributed by atoms with Gasteiger partial charge in [0.2, 0.25) is 10.0 Å². The Morgan fingerprint density at radius 3 is 2.55 bits per heavy atom. The Balaban J connectivity index is 1.46. The number of ether oxygens (including phenoxy) is 1. The number of carbonyl (C=O) groups excluding carboxylic acids is 1. The summed E-state index contributed by atoms with van der Waals surface area (Å²) in [7, 11) is -2.01. The van der Waals surface area contributed by atoms with Crippen LogP contribution in [0, 0.1) is 12.8 Å². The fourth-order valence-corrected chi connectivity index (χ4v) is 5.65. The molecule has 4 rings (SSSR count). The predicted molar refractivity (Wildman–Crippen MR) is 111 cm³/mol. The Morgan fingerprint density at radius 2 is 1.90 bits per heavy atom. The topological polar surface area (TPSA) is 87.7 Å². The van der Waals surface area contributed by atoms with E-state index in [1.54, 1.807) is 48.4 Å². The number of piperidine rings is 1. The highest BCUT2D eigenvalue weighted by molar-refractivity contribution is 7.89. The second-order valence-corrected chi connectivity index (χ2v) is 9.42. The van der Waals surface area contributed by atoms with Crippen LogP contribution >= 0.6 is 0 Å². The van der Waals surface area contributed by atoms with Crippen LogP contribution in [0.4, 0.5) is 10.5 Å². The number of anilines is 1. The quantitative estimate of drug-likeness (QED) is 0.786. The number of hydrogen-bond donors (Lipinski definition) is 2. The third-order valence-electron chi connectivity index (χ3n) is 5.78. The Labute approximate surface area is 171 Å². The van der Waals surface area contributed by atoms with Crippen molar-refractivity contribution >= 4 is 21.7 Å². The second kappa shape index (κ2) is 7.68. The molecule has 2 amide bonds. The molecule has 1 heterocycles. The zero-order valence-corrected chi connectivity index (χ0v) is 17.3. The molecular formula is C21H25N3O4S. The summed E-state index contributed by atoms with van der Waals surface area (Å²) >= 11 is 0. The smallest absolute Gasteiger partial charge is 0.322 e. The molecule has 3 atom stereocenters. The van der Waals surface area contributed by atoms with Crippen LogP contribution in [0.2, 0.25) is 0 Å². The molecule has 0 spiro atoms. The Morgan fingerprint density at radius 1 is 1.14 bits per heavy atom. The Kier molecular flexibility index (Phi) is 5.23. The van der Waals surface area contributed by atoms with Crippen molar-refractivity contribution in [3.05, 3.63) is 54.1 Å². The van der Waals surface area contributed by atoms with Gasteiger partial charge in [-0.25, -0.2) is 17.9 Å². The molecule has 2 aromatic carbocycles. The van der Waals surface area contributed by atoms with Crippen LogP contribution in [0.1, 0.15) is 18.4 Å². The van der Waals surface area contributed by atoms with Crippen LogP contribution in [0.5, 0.6) is 5.75 Å². The lowest BCUT2D eigenvalue weighted by atomic mass is 10.1. The number of carbonyl (C=O) groups is 1. The van der Waals surface area contributed by atoms with Crippen molar-refractivity contribution in [2.75, 3.05) is 19.0 Å². The highest BCUT2D eigenvalue weighted by Crippen LogP contribution is 2.39. The van der Waals surface area contributed by atoms with Gasteiger partial charge in [0.25, 0.3) is 0 Å². The zero-order valence-electron chi connectivity index (χ0n) is 16.5. The molecule has 0 aromatic heterocycles. The van der Waals surface area contributed by atoms with Gasteiger partial charge in [-0.15, -0.1) is 0 Å². The van der Waals surface area contributed by atoms with E-state index < -0.39 is 10.0 Å². The van der Waals surface area contributed by atoms with Crippen LogP contribution in [-0.4, -0.2) is 45.1 Å². The van der Waals surface area contributed by atoms with Crippen molar-refractivity contribution in [3.8, 4) is 5.75 Å². The molecule has 2 N–H and O–H groups in total. The minimum absolute atomic E-state index is 0.142. The lowest BCUT2D eigenvalue weighted by Crippen LogP contribution is -2.52. The van der Waals surface area contributed by atoms with Gasteiger partial charge in [-0.1, -0.05) is 18.2 Å². The summed E-state index contributed by atoms with van der Waals surface area (Å²) in [6.45, 7) is 2.56. The van der Waals surface area contributed by atoms with Crippen LogP contribution in [-0.2, 0) is 10.0 Å². The molecule has 0 radical (unpaired) electrons. The zero-order chi connectivity index (χ0) is 20.6. The fourth-order valence-electron chi connectivity index (χ4n) is 4.34. The molecule has 2 aliphatic rings. The summed E-state index contributed by atoms with van der Waals surface area (Å²) in [4.78, 5) is 14.9. The van der Waals surface area contributed by atoms with Gasteiger partial charge >= 0.3 is 6.03 Å². The lowest BCUT2D eigenvalue weighted by Gasteiger charge is -2.33. The molecule has 7 nitrogen and oxygen atoms in total. The maximum atomic E-state index is 12.9. The number of methoxy groups -OCH3 is 1. The van der Waals surface area contributed by atoms with E-state index in [-0.39, 0.29) is 23.0 Å². The van der Waals surface area contributed by atoms with E-state index in [1.165, 1.54) is 0 Å². The van der Waals surface area contributed by atoms with Crippen molar-refractivity contribution in [1.29, 1.82) is 0 Å². The predicted octanol–water partition coefficient (Wildman–Crippen LogP) is 2.98. The number of nitrogens with zero attached hydrogens (tertiary/aromatic N) is 1. The number of likely N-dealkylation sites (tertiary alicyclic amines) is 1. The summed E-state index contributed by atoms with van der Waals surface area (Å²) in [5, 5.41) is 2.96. The van der Waals surface area contributed by atoms with Gasteiger partial charge in [0, 0.05) is 18.3 Å². The molecule has 8 heteroatoms. The van der Waals surface area contributed by atoms with Crippen LogP contribution in [0.15, 0.2) is 53.4 Å². The minimum atomic E-state index is -3.61. The van der Waals surface area contributed by atoms with Crippen LogP contribution in [0.3, 0.4) is 0 Å². The molecule has 2 fully saturated rings. The van der Waals surface area contributed by atoms with E-state index in [4.69, 9.17) is 4.74 Å². The van der Waals surface area contributed by atoms with E-state index in [1.807, 2.05) is 19.1 Å². The van der Waals surface area contributed by atoms with Crippen molar-refractivity contribution in [2.24, 2.45) is 5.92 Å². The number of sulfonamides is 1. The van der Waals surface area contributed by atoms with Gasteiger partial charge in [-0.2, -0.15) is 0 Å². The van der Waals surface area contributed by atoms with Crippen molar-refractivity contribution < 1.29 is 17.9 Å². The average Bonchev–Trinajstić information content (AvgIpc) is 3.30. The molecule has 2 bridgehead atoms. The number of fused-ring (bicyclic) bond motifs is 2. The third-order valence-corrected chi connectivity index (χ3v) is 7.28. The average molecular weight is 416 g/mol. The summed E-state index contributed by atoms with van der Waals surface area (Å²) in [6, 6.07) is 13.2. The van der Waals surface area contributed by atoms with Gasteiger partial charge < -0.3 is 15.0 Å². The molecule has 1 aliphatic heterocycles. The number of aryl methyl sites for hydroxylation is 1. The normalized spacial score (nSPS) is 23.2. The molecule has 1 aliphatic carbocycles. The minimum Gasteiger partial charge on any atom is -0.497 e. The van der Waals surface area contributed by atoms with Crippen molar-refractivity contribution in [2.45, 2.75) is 36.7 Å². The lowest BCUT2D eigenvalue weighted by molar-refractivity contribution is 0.183. The molecule has 0 unspecified atom stereocenters. The summed E-state index contributed by atoms with van der Waals surface area (Å²) in [5.41, 5.74) is 1.63. The van der Waals surface area contributed by atoms with E-state index in [2.05, 4.69) is 10.0 Å². The van der Waals surface area contributed by atoms with Crippen molar-refractivity contribution in [1.82, 2.24) is 9.62 Å². The number of hydrogen-bond acceptors (Lipinski definition) is 4. The molecule has 29 heavy (non-hydrogen) atoms. The number of urea groups is 1. The monoisotopic (exact) mass is 415 g/mol. The van der Waals surface area contributed by atoms with Crippen LogP contribution in [0.25, 0.3) is 0 Å². The van der Waals surface area contributed by atoms with Gasteiger partial charge in [0.15, 0.2) is 0 Å². The summed E-state index contributed by atoms with van der Waals surface area (Å²) in [5.74, 6) is 1.04. The first-order valence-electron chi connectivity index (χ1n) is 9.67. The molecule has 1 saturated carbocycles. The first kappa shape index (κ1) is 19.7. The van der Waals surface area contributed by atoms with Gasteiger partial charge in [0.05, 0.1) is 18.0 Å². The Hall–Kier alpha value is -2.58. The van der Waals surface area contributed by atoms with Gasteiger partial charge in [-0.05, 0) is 61.6 Å². The number of benzene rings is 2. The SMILES string of the molecule is COc1ccc(NC(=O)N2C[C@@H]3C[C@H](NS(=O)(=O)c4ccccc4)[C@H]2C3)c(C)c1. The first-order chi connectivity index (χ1) is 13.9. The first-order valence-corrected chi connectivity index (χ1v) is 11.2. The summed E-state index contributed by atoms with van der Waals surface area (Å²) in [6.07, 6.45) is 1.57. The summed E-state index contributed by atoms with van der Waals surface area (Å²) < 4.78 is 33.4. The highest BCUT2D eigenvalue weighted by Gasteiger charge is 2.48. The third kappa shape index (κ3) is 3.95. The van der Waals surface area contributed by atoms with Gasteiger partial charge in [-0.3, -0.25) is 0 Å². The standard InChI is InChI=1S/C21H25N3O4S/c1-14-10-16(28-2)8-9-18(14)22-21(25)24-13-15-11-19(20(24)12-15)23-29(26,27)17-6-4-3-5-7-17/h3-10,15,19-20,23H,11-13H2,1-2H3,(H,22,25)/t15-,19+,20-/m1/s1. The number of amides is 2. The van der Waals surface area contributed by atoms with Gasteiger partial charge in [0.1, 0.15) is 5.75 Å². The molecular weight excluding hydrogens is 390 g/mol. The maximum absolute atomic E-state index is 12.9. The van der Waals surface area contributed by atoms with E-state index >= 15 is 0 Å². The van der Waals surface area contributed by atoms with E-state index in [0.29, 0.717) is 12.5 Å². The van der Waals surface area contributed by atoms with Crippen LogP contribution < -0.4 is 14.8 Å². The molecule has 154 valence electrons. The highest BCUT2D eigenvalue weighted by atomic mass is 32.2. The molecule has 1 saturated heterocycles. The fraction of sp³-hybridized carbons (Fsp3) is 0.381. The maximum Gasteiger partial charge on any atom is 0.322 e. The molecule has 2 aromatic rings. The van der Waals surface area contributed by atoms with E-state index in [9.17, 15) is 13.2 Å².